The van der Waals surface area contributed by atoms with E-state index in [1.165, 1.54) is 11.1 Å². The number of nitrogens with zero attached hydrogens (tertiary/aromatic N) is 4. The molecule has 0 bridgehead atoms. The standard InChI is InChI=1S/2C12H20N2/c1-11(2,3)9-7-13-14-8-10(9)12(4,5)6;1-11(2,3)9-10(12(4,5)6)14-8-7-13-9/h2*7-8H,1-6H3. The zero-order chi connectivity index (χ0) is 22.0. The van der Waals surface area contributed by atoms with Crippen LogP contribution in [0.4, 0.5) is 0 Å². The second kappa shape index (κ2) is 8.26. The van der Waals surface area contributed by atoms with E-state index in [9.17, 15) is 0 Å². The highest BCUT2D eigenvalue weighted by Crippen LogP contribution is 2.32. The second-order valence-corrected chi connectivity index (χ2v) is 11.6. The van der Waals surface area contributed by atoms with Gasteiger partial charge in [-0.1, -0.05) is 83.1 Å². The topological polar surface area (TPSA) is 51.6 Å². The summed E-state index contributed by atoms with van der Waals surface area (Å²) >= 11 is 0. The van der Waals surface area contributed by atoms with Crippen LogP contribution in [0.5, 0.6) is 0 Å². The molecule has 2 aromatic heterocycles. The van der Waals surface area contributed by atoms with E-state index in [1.807, 2.05) is 12.4 Å². The average Bonchev–Trinajstić information content (AvgIpc) is 2.52. The highest BCUT2D eigenvalue weighted by molar-refractivity contribution is 5.33. The first-order valence-corrected chi connectivity index (χ1v) is 10.1. The lowest BCUT2D eigenvalue weighted by Gasteiger charge is -2.28. The Kier molecular flexibility index (Phi) is 7.14. The van der Waals surface area contributed by atoms with Crippen molar-refractivity contribution in [1.29, 1.82) is 0 Å². The predicted octanol–water partition coefficient (Wildman–Crippen LogP) is 6.14. The highest BCUT2D eigenvalue weighted by Gasteiger charge is 2.27. The number of aromatic nitrogens is 4. The molecule has 0 N–H and O–H groups in total. The molecule has 0 unspecified atom stereocenters. The Morgan fingerprint density at radius 3 is 0.964 bits per heavy atom. The summed E-state index contributed by atoms with van der Waals surface area (Å²) in [4.78, 5) is 8.91. The molecule has 0 aliphatic heterocycles. The summed E-state index contributed by atoms with van der Waals surface area (Å²) in [5, 5.41) is 7.95. The molecular formula is C24H40N4. The van der Waals surface area contributed by atoms with Crippen molar-refractivity contribution >= 4 is 0 Å². The Labute approximate surface area is 172 Å². The zero-order valence-corrected chi connectivity index (χ0v) is 20.1. The third-order valence-electron chi connectivity index (χ3n) is 4.47. The van der Waals surface area contributed by atoms with Crippen LogP contribution in [0.25, 0.3) is 0 Å². The van der Waals surface area contributed by atoms with Crippen molar-refractivity contribution in [2.24, 2.45) is 0 Å². The Bertz CT molecular complexity index is 633. The fourth-order valence-corrected chi connectivity index (χ4v) is 2.95. The van der Waals surface area contributed by atoms with Crippen LogP contribution in [0.15, 0.2) is 24.8 Å². The van der Waals surface area contributed by atoms with E-state index in [-0.39, 0.29) is 21.7 Å². The molecule has 0 saturated carbocycles. The fourth-order valence-electron chi connectivity index (χ4n) is 2.95. The summed E-state index contributed by atoms with van der Waals surface area (Å²) in [5.74, 6) is 0. The molecule has 0 saturated heterocycles. The number of hydrogen-bond donors (Lipinski definition) is 0. The molecule has 0 spiro atoms. The predicted molar refractivity (Wildman–Crippen MR) is 119 cm³/mol. The van der Waals surface area contributed by atoms with Crippen LogP contribution in [-0.4, -0.2) is 20.2 Å². The molecule has 4 nitrogen and oxygen atoms in total. The van der Waals surface area contributed by atoms with Gasteiger partial charge >= 0.3 is 0 Å². The molecule has 0 aliphatic carbocycles. The fraction of sp³-hybridized carbons (Fsp3) is 0.667. The van der Waals surface area contributed by atoms with Crippen molar-refractivity contribution in [2.45, 2.75) is 105 Å². The molecule has 2 aromatic rings. The Morgan fingerprint density at radius 2 is 0.750 bits per heavy atom. The Morgan fingerprint density at radius 1 is 0.464 bits per heavy atom. The lowest BCUT2D eigenvalue weighted by molar-refractivity contribution is 0.498. The minimum Gasteiger partial charge on any atom is -0.257 e. The SMILES string of the molecule is CC(C)(C)c1cnncc1C(C)(C)C.CC(C)(C)c1nccnc1C(C)(C)C. The van der Waals surface area contributed by atoms with Crippen molar-refractivity contribution in [2.75, 3.05) is 0 Å². The van der Waals surface area contributed by atoms with Gasteiger partial charge in [-0.05, 0) is 22.0 Å². The summed E-state index contributed by atoms with van der Waals surface area (Å²) in [7, 11) is 0. The van der Waals surface area contributed by atoms with Gasteiger partial charge in [-0.25, -0.2) is 0 Å². The van der Waals surface area contributed by atoms with Crippen LogP contribution in [0, 0.1) is 0 Å². The van der Waals surface area contributed by atoms with Gasteiger partial charge < -0.3 is 0 Å². The molecule has 0 aliphatic rings. The molecule has 0 atom stereocenters. The van der Waals surface area contributed by atoms with Crippen molar-refractivity contribution in [3.8, 4) is 0 Å². The van der Waals surface area contributed by atoms with E-state index in [4.69, 9.17) is 0 Å². The first-order chi connectivity index (χ1) is 12.5. The van der Waals surface area contributed by atoms with E-state index in [2.05, 4.69) is 103 Å². The summed E-state index contributed by atoms with van der Waals surface area (Å²) in [6.45, 7) is 26.3. The van der Waals surface area contributed by atoms with E-state index < -0.39 is 0 Å². The van der Waals surface area contributed by atoms with Gasteiger partial charge in [0.1, 0.15) is 0 Å². The van der Waals surface area contributed by atoms with Crippen LogP contribution in [-0.2, 0) is 21.7 Å². The smallest absolute Gasteiger partial charge is 0.0677 e. The zero-order valence-electron chi connectivity index (χ0n) is 20.1. The van der Waals surface area contributed by atoms with Gasteiger partial charge in [0.25, 0.3) is 0 Å². The molecule has 156 valence electrons. The minimum absolute atomic E-state index is 0.0663. The lowest BCUT2D eigenvalue weighted by Crippen LogP contribution is -2.24. The Hall–Kier alpha value is -1.84. The summed E-state index contributed by atoms with van der Waals surface area (Å²) in [5.41, 5.74) is 5.20. The monoisotopic (exact) mass is 384 g/mol. The van der Waals surface area contributed by atoms with Crippen LogP contribution < -0.4 is 0 Å². The van der Waals surface area contributed by atoms with Crippen molar-refractivity contribution in [1.82, 2.24) is 20.2 Å². The third kappa shape index (κ3) is 6.65. The van der Waals surface area contributed by atoms with Crippen LogP contribution >= 0.6 is 0 Å². The average molecular weight is 385 g/mol. The molecule has 28 heavy (non-hydrogen) atoms. The van der Waals surface area contributed by atoms with E-state index >= 15 is 0 Å². The van der Waals surface area contributed by atoms with Crippen LogP contribution in [0.2, 0.25) is 0 Å². The largest absolute Gasteiger partial charge is 0.257 e. The van der Waals surface area contributed by atoms with Gasteiger partial charge in [0.05, 0.1) is 23.8 Å². The van der Waals surface area contributed by atoms with Gasteiger partial charge in [-0.15, -0.1) is 0 Å². The van der Waals surface area contributed by atoms with Gasteiger partial charge in [0.15, 0.2) is 0 Å². The van der Waals surface area contributed by atoms with Gasteiger partial charge in [0.2, 0.25) is 0 Å². The summed E-state index contributed by atoms with van der Waals surface area (Å²) in [6, 6.07) is 0. The number of rotatable bonds is 0. The maximum absolute atomic E-state index is 4.45. The summed E-state index contributed by atoms with van der Waals surface area (Å²) in [6.07, 6.45) is 7.33. The maximum atomic E-state index is 4.45. The molecule has 0 aromatic carbocycles. The first kappa shape index (κ1) is 24.2. The quantitative estimate of drug-likeness (QED) is 0.547. The molecule has 0 radical (unpaired) electrons. The highest BCUT2D eigenvalue weighted by atomic mass is 15.1. The normalized spacial score (nSPS) is 13.0. The van der Waals surface area contributed by atoms with Crippen molar-refractivity contribution < 1.29 is 0 Å². The first-order valence-electron chi connectivity index (χ1n) is 10.1. The van der Waals surface area contributed by atoms with E-state index in [1.54, 1.807) is 12.4 Å². The number of hydrogen-bond acceptors (Lipinski definition) is 4. The lowest BCUT2D eigenvalue weighted by atomic mass is 9.77. The van der Waals surface area contributed by atoms with Gasteiger partial charge in [0, 0.05) is 23.2 Å². The van der Waals surface area contributed by atoms with E-state index in [0.717, 1.165) is 11.4 Å². The molecule has 2 rings (SSSR count). The second-order valence-electron chi connectivity index (χ2n) is 11.6. The van der Waals surface area contributed by atoms with E-state index in [0.29, 0.717) is 0 Å². The van der Waals surface area contributed by atoms with Gasteiger partial charge in [-0.2, -0.15) is 10.2 Å². The molecule has 2 heterocycles. The summed E-state index contributed by atoms with van der Waals surface area (Å²) < 4.78 is 0. The molecule has 4 heteroatoms. The molecular weight excluding hydrogens is 344 g/mol. The molecule has 0 fully saturated rings. The Balaban J connectivity index is 0.000000280. The third-order valence-corrected chi connectivity index (χ3v) is 4.47. The maximum Gasteiger partial charge on any atom is 0.0677 e. The molecule has 0 amide bonds. The van der Waals surface area contributed by atoms with Gasteiger partial charge in [-0.3, -0.25) is 9.97 Å². The van der Waals surface area contributed by atoms with Crippen molar-refractivity contribution in [3.63, 3.8) is 0 Å². The van der Waals surface area contributed by atoms with Crippen LogP contribution in [0.1, 0.15) is 106 Å². The van der Waals surface area contributed by atoms with Crippen molar-refractivity contribution in [3.05, 3.63) is 47.3 Å². The minimum atomic E-state index is 0.0663. The van der Waals surface area contributed by atoms with Crippen LogP contribution in [0.3, 0.4) is 0 Å².